The summed E-state index contributed by atoms with van der Waals surface area (Å²) in [4.78, 5) is 0. The molecular weight excluding hydrogens is 311 g/mol. The summed E-state index contributed by atoms with van der Waals surface area (Å²) in [5, 5.41) is 18.9. The Hall–Kier alpha value is -2.82. The Kier molecular flexibility index (Phi) is 5.67. The fourth-order valence-electron chi connectivity index (χ4n) is 2.68. The summed E-state index contributed by atoms with van der Waals surface area (Å²) in [6.07, 6.45) is 2.01. The van der Waals surface area contributed by atoms with Crippen LogP contribution in [0.2, 0.25) is 0 Å². The van der Waals surface area contributed by atoms with Crippen LogP contribution in [0.5, 0.6) is 5.75 Å². The van der Waals surface area contributed by atoms with Gasteiger partial charge in [-0.05, 0) is 28.8 Å². The lowest BCUT2D eigenvalue weighted by Gasteiger charge is -2.12. The average molecular weight is 330 g/mol. The highest BCUT2D eigenvalue weighted by Crippen LogP contribution is 2.23. The van der Waals surface area contributed by atoms with Crippen molar-refractivity contribution < 1.29 is 14.8 Å². The third-order valence-electron chi connectivity index (χ3n) is 3.89. The van der Waals surface area contributed by atoms with E-state index in [1.54, 1.807) is 24.3 Å². The topological polar surface area (TPSA) is 49.7 Å². The summed E-state index contributed by atoms with van der Waals surface area (Å²) in [6.45, 7) is 0.322. The van der Waals surface area contributed by atoms with Crippen LogP contribution in [0.1, 0.15) is 11.1 Å². The van der Waals surface area contributed by atoms with Crippen LogP contribution < -0.4 is 10.2 Å². The van der Waals surface area contributed by atoms with Gasteiger partial charge in [0.05, 0.1) is 0 Å². The van der Waals surface area contributed by atoms with Gasteiger partial charge in [0.1, 0.15) is 12.4 Å². The van der Waals surface area contributed by atoms with Crippen LogP contribution in [-0.4, -0.2) is 23.8 Å². The highest BCUT2D eigenvalue weighted by Gasteiger charge is 2.16. The van der Waals surface area contributed by atoms with Crippen LogP contribution >= 0.6 is 0 Å². The maximum atomic E-state index is 9.43. The number of hydrogen-bond acceptors (Lipinski definition) is 3. The zero-order chi connectivity index (χ0) is 17.5. The first-order valence-electron chi connectivity index (χ1n) is 8.14. The quantitative estimate of drug-likeness (QED) is 0.684. The minimum Gasteiger partial charge on any atom is -0.490 e. The van der Waals surface area contributed by atoms with Gasteiger partial charge in [0, 0.05) is 5.46 Å². The summed E-state index contributed by atoms with van der Waals surface area (Å²) in [6, 6.07) is 27.2. The van der Waals surface area contributed by atoms with Crippen LogP contribution in [0, 0.1) is 0 Å². The second-order valence-electron chi connectivity index (χ2n) is 5.57. The number of para-hydroxylation sites is 1. The van der Waals surface area contributed by atoms with Gasteiger partial charge in [-0.2, -0.15) is 0 Å². The molecule has 0 aromatic heterocycles. The lowest BCUT2D eigenvalue weighted by molar-refractivity contribution is 0.361. The number of hydrogen-bond donors (Lipinski definition) is 2. The second kappa shape index (κ2) is 8.33. The molecule has 3 aromatic rings. The predicted molar refractivity (Wildman–Crippen MR) is 102 cm³/mol. The van der Waals surface area contributed by atoms with E-state index in [1.807, 2.05) is 42.5 Å². The Morgan fingerprint density at radius 2 is 1.28 bits per heavy atom. The van der Waals surface area contributed by atoms with E-state index in [0.29, 0.717) is 17.8 Å². The van der Waals surface area contributed by atoms with E-state index in [-0.39, 0.29) is 0 Å². The minimum absolute atomic E-state index is 0.322. The molecule has 124 valence electrons. The summed E-state index contributed by atoms with van der Waals surface area (Å²) < 4.78 is 5.78. The molecule has 0 heterocycles. The van der Waals surface area contributed by atoms with E-state index >= 15 is 0 Å². The summed E-state index contributed by atoms with van der Waals surface area (Å²) in [7, 11) is -1.55. The average Bonchev–Trinajstić information content (AvgIpc) is 2.67. The molecule has 0 spiro atoms. The molecule has 0 fully saturated rings. The minimum atomic E-state index is -1.55. The molecule has 3 aromatic carbocycles. The molecule has 0 unspecified atom stereocenters. The van der Waals surface area contributed by atoms with Crippen LogP contribution in [0.25, 0.3) is 5.57 Å². The van der Waals surface area contributed by atoms with Gasteiger partial charge in [-0.1, -0.05) is 78.9 Å². The molecule has 2 N–H and O–H groups in total. The van der Waals surface area contributed by atoms with Crippen molar-refractivity contribution in [3.63, 3.8) is 0 Å². The molecule has 4 heteroatoms. The first kappa shape index (κ1) is 17.0. The molecule has 0 amide bonds. The van der Waals surface area contributed by atoms with E-state index in [9.17, 15) is 10.0 Å². The molecule has 3 rings (SSSR count). The van der Waals surface area contributed by atoms with Crippen molar-refractivity contribution in [2.45, 2.75) is 0 Å². The molecule has 25 heavy (non-hydrogen) atoms. The molecular formula is C21H19BO3. The standard InChI is InChI=1S/C21H19BO3/c23-22(24)20-13-7-8-14-21(20)25-16-15-19(17-9-3-1-4-10-17)18-11-5-2-6-12-18/h1-15,23-24H,16H2. The molecule has 0 atom stereocenters. The first-order valence-corrected chi connectivity index (χ1v) is 8.14. The maximum absolute atomic E-state index is 9.43. The molecule has 0 saturated carbocycles. The van der Waals surface area contributed by atoms with Crippen LogP contribution in [0.3, 0.4) is 0 Å². The molecule has 0 aliphatic heterocycles. The SMILES string of the molecule is OB(O)c1ccccc1OCC=C(c1ccccc1)c1ccccc1. The highest BCUT2D eigenvalue weighted by atomic mass is 16.5. The molecule has 0 aliphatic rings. The predicted octanol–water partition coefficient (Wildman–Crippen LogP) is 2.88. The zero-order valence-corrected chi connectivity index (χ0v) is 13.7. The fraction of sp³-hybridized carbons (Fsp3) is 0.0476. The van der Waals surface area contributed by atoms with Crippen LogP contribution in [0.15, 0.2) is 91.0 Å². The van der Waals surface area contributed by atoms with Gasteiger partial charge in [-0.15, -0.1) is 0 Å². The van der Waals surface area contributed by atoms with Gasteiger partial charge in [0.15, 0.2) is 0 Å². The van der Waals surface area contributed by atoms with Crippen molar-refractivity contribution in [3.8, 4) is 5.75 Å². The van der Waals surface area contributed by atoms with Crippen molar-refractivity contribution in [2.24, 2.45) is 0 Å². The largest absolute Gasteiger partial charge is 0.492 e. The molecule has 0 saturated heterocycles. The van der Waals surface area contributed by atoms with E-state index in [4.69, 9.17) is 4.74 Å². The zero-order valence-electron chi connectivity index (χ0n) is 13.7. The van der Waals surface area contributed by atoms with Crippen molar-refractivity contribution in [1.82, 2.24) is 0 Å². The lowest BCUT2D eigenvalue weighted by atomic mass is 9.79. The van der Waals surface area contributed by atoms with E-state index in [2.05, 4.69) is 24.3 Å². The number of rotatable bonds is 6. The van der Waals surface area contributed by atoms with Gasteiger partial charge < -0.3 is 14.8 Å². The van der Waals surface area contributed by atoms with Crippen LogP contribution in [-0.2, 0) is 0 Å². The third-order valence-corrected chi connectivity index (χ3v) is 3.89. The van der Waals surface area contributed by atoms with Gasteiger partial charge >= 0.3 is 7.12 Å². The van der Waals surface area contributed by atoms with Gasteiger partial charge in [-0.25, -0.2) is 0 Å². The smallest absolute Gasteiger partial charge is 0.490 e. The van der Waals surface area contributed by atoms with Gasteiger partial charge in [0.2, 0.25) is 0 Å². The Morgan fingerprint density at radius 3 is 1.84 bits per heavy atom. The van der Waals surface area contributed by atoms with Crippen molar-refractivity contribution in [1.29, 1.82) is 0 Å². The highest BCUT2D eigenvalue weighted by molar-refractivity contribution is 6.59. The Balaban J connectivity index is 1.86. The maximum Gasteiger partial charge on any atom is 0.492 e. The Bertz CT molecular complexity index is 789. The number of ether oxygens (including phenoxy) is 1. The summed E-state index contributed by atoms with van der Waals surface area (Å²) >= 11 is 0. The Labute approximate surface area is 148 Å². The van der Waals surface area contributed by atoms with Crippen molar-refractivity contribution in [3.05, 3.63) is 102 Å². The van der Waals surface area contributed by atoms with E-state index in [1.165, 1.54) is 0 Å². The normalized spacial score (nSPS) is 10.2. The van der Waals surface area contributed by atoms with Crippen molar-refractivity contribution >= 4 is 18.2 Å². The fourth-order valence-corrected chi connectivity index (χ4v) is 2.68. The van der Waals surface area contributed by atoms with E-state index < -0.39 is 7.12 Å². The third kappa shape index (κ3) is 4.38. The second-order valence-corrected chi connectivity index (χ2v) is 5.57. The molecule has 0 aliphatic carbocycles. The first-order chi connectivity index (χ1) is 12.3. The Morgan fingerprint density at radius 1 is 0.760 bits per heavy atom. The van der Waals surface area contributed by atoms with E-state index in [0.717, 1.165) is 16.7 Å². The summed E-state index contributed by atoms with van der Waals surface area (Å²) in [5.41, 5.74) is 3.64. The van der Waals surface area contributed by atoms with Crippen LogP contribution in [0.4, 0.5) is 0 Å². The molecule has 3 nitrogen and oxygen atoms in total. The van der Waals surface area contributed by atoms with Gasteiger partial charge in [-0.3, -0.25) is 0 Å². The summed E-state index contributed by atoms with van der Waals surface area (Å²) in [5.74, 6) is 0.467. The van der Waals surface area contributed by atoms with Gasteiger partial charge in [0.25, 0.3) is 0 Å². The monoisotopic (exact) mass is 330 g/mol. The molecule has 0 radical (unpaired) electrons. The lowest BCUT2D eigenvalue weighted by Crippen LogP contribution is -2.31. The van der Waals surface area contributed by atoms with Crippen molar-refractivity contribution in [2.75, 3.05) is 6.61 Å². The molecule has 0 bridgehead atoms. The number of benzene rings is 3.